The summed E-state index contributed by atoms with van der Waals surface area (Å²) in [4.78, 5) is 10.6. The molecule has 0 fully saturated rings. The highest BCUT2D eigenvalue weighted by atomic mass is 16.6. The van der Waals surface area contributed by atoms with E-state index in [1.807, 2.05) is 37.3 Å². The topological polar surface area (TPSA) is 73.6 Å². The average Bonchev–Trinajstić information content (AvgIpc) is 2.55. The molecule has 6 heteroatoms. The van der Waals surface area contributed by atoms with Gasteiger partial charge in [-0.15, -0.1) is 0 Å². The molecule has 0 aliphatic rings. The van der Waals surface area contributed by atoms with Crippen molar-refractivity contribution in [2.45, 2.75) is 20.0 Å². The first-order valence-electron chi connectivity index (χ1n) is 7.37. The molecule has 122 valence electrons. The molecule has 0 aliphatic heterocycles. The molecule has 0 heterocycles. The SMILES string of the molecule is CCOc1cccc(CNCc2ccc(OC)c([N+](=O)[O-])c2)c1. The van der Waals surface area contributed by atoms with Gasteiger partial charge in [-0.25, -0.2) is 0 Å². The van der Waals surface area contributed by atoms with Gasteiger partial charge in [0.15, 0.2) is 5.75 Å². The van der Waals surface area contributed by atoms with Gasteiger partial charge in [-0.2, -0.15) is 0 Å². The normalized spacial score (nSPS) is 10.3. The average molecular weight is 316 g/mol. The van der Waals surface area contributed by atoms with Crippen LogP contribution >= 0.6 is 0 Å². The van der Waals surface area contributed by atoms with Crippen LogP contribution in [-0.2, 0) is 13.1 Å². The molecule has 0 bridgehead atoms. The molecule has 2 aromatic rings. The number of nitrogens with zero attached hydrogens (tertiary/aromatic N) is 1. The highest BCUT2D eigenvalue weighted by molar-refractivity contribution is 5.48. The minimum Gasteiger partial charge on any atom is -0.494 e. The maximum absolute atomic E-state index is 11.0. The number of nitrogens with one attached hydrogen (secondary N) is 1. The van der Waals surface area contributed by atoms with Crippen molar-refractivity contribution in [3.8, 4) is 11.5 Å². The van der Waals surface area contributed by atoms with E-state index in [9.17, 15) is 10.1 Å². The van der Waals surface area contributed by atoms with Crippen molar-refractivity contribution in [2.75, 3.05) is 13.7 Å². The first kappa shape index (κ1) is 16.8. The number of rotatable bonds is 8. The Bertz CT molecular complexity index is 673. The van der Waals surface area contributed by atoms with E-state index in [0.717, 1.165) is 16.9 Å². The van der Waals surface area contributed by atoms with Crippen molar-refractivity contribution < 1.29 is 14.4 Å². The Morgan fingerprint density at radius 2 is 1.87 bits per heavy atom. The lowest BCUT2D eigenvalue weighted by molar-refractivity contribution is -0.385. The van der Waals surface area contributed by atoms with E-state index >= 15 is 0 Å². The predicted octanol–water partition coefficient (Wildman–Crippen LogP) is 3.29. The Morgan fingerprint density at radius 1 is 1.13 bits per heavy atom. The Labute approximate surface area is 135 Å². The van der Waals surface area contributed by atoms with Crippen LogP contribution in [0.4, 0.5) is 5.69 Å². The van der Waals surface area contributed by atoms with Gasteiger partial charge in [0, 0.05) is 19.2 Å². The third-order valence-electron chi connectivity index (χ3n) is 3.31. The van der Waals surface area contributed by atoms with E-state index < -0.39 is 4.92 Å². The lowest BCUT2D eigenvalue weighted by Gasteiger charge is -2.08. The fourth-order valence-electron chi connectivity index (χ4n) is 2.25. The summed E-state index contributed by atoms with van der Waals surface area (Å²) in [5.74, 6) is 1.11. The molecule has 1 N–H and O–H groups in total. The van der Waals surface area contributed by atoms with Gasteiger partial charge in [-0.1, -0.05) is 18.2 Å². The minimum atomic E-state index is -0.437. The second kappa shape index (κ2) is 8.14. The first-order valence-corrected chi connectivity index (χ1v) is 7.37. The zero-order valence-electron chi connectivity index (χ0n) is 13.2. The van der Waals surface area contributed by atoms with Crippen LogP contribution in [0.3, 0.4) is 0 Å². The van der Waals surface area contributed by atoms with Crippen LogP contribution in [0.2, 0.25) is 0 Å². The van der Waals surface area contributed by atoms with E-state index in [-0.39, 0.29) is 11.4 Å². The smallest absolute Gasteiger partial charge is 0.311 e. The zero-order valence-corrected chi connectivity index (χ0v) is 13.2. The third kappa shape index (κ3) is 4.69. The van der Waals surface area contributed by atoms with Crippen molar-refractivity contribution >= 4 is 5.69 Å². The van der Waals surface area contributed by atoms with Crippen molar-refractivity contribution in [2.24, 2.45) is 0 Å². The van der Waals surface area contributed by atoms with Crippen LogP contribution in [0.1, 0.15) is 18.1 Å². The molecular formula is C17H20N2O4. The quantitative estimate of drug-likeness (QED) is 0.597. The van der Waals surface area contributed by atoms with Crippen LogP contribution < -0.4 is 14.8 Å². The fraction of sp³-hybridized carbons (Fsp3) is 0.294. The van der Waals surface area contributed by atoms with Gasteiger partial charge < -0.3 is 14.8 Å². The molecule has 0 amide bonds. The minimum absolute atomic E-state index is 0.0230. The number of benzene rings is 2. The molecule has 0 saturated carbocycles. The van der Waals surface area contributed by atoms with E-state index in [0.29, 0.717) is 19.7 Å². The number of nitro groups is 1. The molecule has 0 aliphatic carbocycles. The van der Waals surface area contributed by atoms with Crippen molar-refractivity contribution in [1.29, 1.82) is 0 Å². The summed E-state index contributed by atoms with van der Waals surface area (Å²) < 4.78 is 10.5. The Kier molecular flexibility index (Phi) is 5.94. The van der Waals surface area contributed by atoms with Crippen molar-refractivity contribution in [1.82, 2.24) is 5.32 Å². The van der Waals surface area contributed by atoms with Gasteiger partial charge in [-0.05, 0) is 36.2 Å². The monoisotopic (exact) mass is 316 g/mol. The van der Waals surface area contributed by atoms with Crippen molar-refractivity contribution in [3.05, 3.63) is 63.7 Å². The molecule has 0 atom stereocenters. The Balaban J connectivity index is 1.97. The molecule has 0 unspecified atom stereocenters. The number of nitro benzene ring substituents is 1. The standard InChI is InChI=1S/C17H20N2O4/c1-3-23-15-6-4-5-13(9-15)11-18-12-14-7-8-17(22-2)16(10-14)19(20)21/h4-10,18H,3,11-12H2,1-2H3. The number of methoxy groups -OCH3 is 1. The van der Waals surface area contributed by atoms with Gasteiger partial charge >= 0.3 is 5.69 Å². The molecule has 2 aromatic carbocycles. The lowest BCUT2D eigenvalue weighted by atomic mass is 10.1. The maximum Gasteiger partial charge on any atom is 0.311 e. The number of ether oxygens (including phenoxy) is 2. The summed E-state index contributed by atoms with van der Waals surface area (Å²) in [7, 11) is 1.42. The van der Waals surface area contributed by atoms with Crippen LogP contribution in [0.15, 0.2) is 42.5 Å². The van der Waals surface area contributed by atoms with Gasteiger partial charge in [0.2, 0.25) is 0 Å². The fourth-order valence-corrected chi connectivity index (χ4v) is 2.25. The van der Waals surface area contributed by atoms with Gasteiger partial charge in [0.05, 0.1) is 18.6 Å². The van der Waals surface area contributed by atoms with Crippen LogP contribution in [-0.4, -0.2) is 18.6 Å². The molecule has 2 rings (SSSR count). The third-order valence-corrected chi connectivity index (χ3v) is 3.31. The number of hydrogen-bond acceptors (Lipinski definition) is 5. The predicted molar refractivity (Wildman–Crippen MR) is 87.8 cm³/mol. The second-order valence-electron chi connectivity index (χ2n) is 4.95. The molecule has 0 aromatic heterocycles. The van der Waals surface area contributed by atoms with E-state index in [4.69, 9.17) is 9.47 Å². The largest absolute Gasteiger partial charge is 0.494 e. The van der Waals surface area contributed by atoms with Crippen molar-refractivity contribution in [3.63, 3.8) is 0 Å². The first-order chi connectivity index (χ1) is 11.1. The summed E-state index contributed by atoms with van der Waals surface area (Å²) in [5, 5.41) is 14.3. The van der Waals surface area contributed by atoms with E-state index in [1.54, 1.807) is 6.07 Å². The summed E-state index contributed by atoms with van der Waals surface area (Å²) in [6, 6.07) is 12.8. The lowest BCUT2D eigenvalue weighted by Crippen LogP contribution is -2.13. The van der Waals surface area contributed by atoms with Crippen LogP contribution in [0, 0.1) is 10.1 Å². The summed E-state index contributed by atoms with van der Waals surface area (Å²) in [6.45, 7) is 3.76. The molecule has 6 nitrogen and oxygen atoms in total. The van der Waals surface area contributed by atoms with Gasteiger partial charge in [0.1, 0.15) is 5.75 Å². The van der Waals surface area contributed by atoms with Gasteiger partial charge in [0.25, 0.3) is 0 Å². The molecule has 0 spiro atoms. The molecule has 23 heavy (non-hydrogen) atoms. The summed E-state index contributed by atoms with van der Waals surface area (Å²) >= 11 is 0. The van der Waals surface area contributed by atoms with Crippen LogP contribution in [0.25, 0.3) is 0 Å². The Hall–Kier alpha value is -2.60. The molecule has 0 saturated heterocycles. The maximum atomic E-state index is 11.0. The zero-order chi connectivity index (χ0) is 16.7. The molecule has 0 radical (unpaired) electrons. The highest BCUT2D eigenvalue weighted by Crippen LogP contribution is 2.27. The number of hydrogen-bond donors (Lipinski definition) is 1. The Morgan fingerprint density at radius 3 is 2.52 bits per heavy atom. The highest BCUT2D eigenvalue weighted by Gasteiger charge is 2.14. The van der Waals surface area contributed by atoms with E-state index in [1.165, 1.54) is 13.2 Å². The van der Waals surface area contributed by atoms with E-state index in [2.05, 4.69) is 5.32 Å². The second-order valence-corrected chi connectivity index (χ2v) is 4.95. The summed E-state index contributed by atoms with van der Waals surface area (Å²) in [5.41, 5.74) is 1.91. The van der Waals surface area contributed by atoms with Crippen LogP contribution in [0.5, 0.6) is 11.5 Å². The summed E-state index contributed by atoms with van der Waals surface area (Å²) in [6.07, 6.45) is 0. The molecular weight excluding hydrogens is 296 g/mol. The van der Waals surface area contributed by atoms with Gasteiger partial charge in [-0.3, -0.25) is 10.1 Å².